The Bertz CT molecular complexity index is 1680. The summed E-state index contributed by atoms with van der Waals surface area (Å²) < 4.78 is 68.0. The van der Waals surface area contributed by atoms with Crippen molar-refractivity contribution >= 4 is 32.3 Å². The van der Waals surface area contributed by atoms with E-state index in [4.69, 9.17) is 0 Å². The summed E-state index contributed by atoms with van der Waals surface area (Å²) in [6.45, 7) is 0. The maximum atomic E-state index is 13.2. The van der Waals surface area contributed by atoms with Gasteiger partial charge in [0.15, 0.2) is 32.2 Å². The lowest BCUT2D eigenvalue weighted by Crippen LogP contribution is -2.07. The van der Waals surface area contributed by atoms with Crippen LogP contribution in [0.3, 0.4) is 0 Å². The van der Waals surface area contributed by atoms with Gasteiger partial charge in [-0.1, -0.05) is 30.3 Å². The van der Waals surface area contributed by atoms with Gasteiger partial charge in [0.1, 0.15) is 11.2 Å². The average Bonchev–Trinajstić information content (AvgIpc) is 3.49. The Hall–Kier alpha value is -3.51. The van der Waals surface area contributed by atoms with Crippen molar-refractivity contribution < 1.29 is 21.6 Å². The van der Waals surface area contributed by atoms with Gasteiger partial charge in [-0.25, -0.2) is 23.4 Å². The molecule has 0 atom stereocenters. The summed E-state index contributed by atoms with van der Waals surface area (Å²) in [6.07, 6.45) is -2.79. The van der Waals surface area contributed by atoms with E-state index < -0.39 is 21.6 Å². The first-order chi connectivity index (χ1) is 16.4. The number of aromatic nitrogens is 5. The van der Waals surface area contributed by atoms with Crippen molar-refractivity contribution in [2.45, 2.75) is 11.2 Å². The van der Waals surface area contributed by atoms with Crippen LogP contribution in [-0.4, -0.2) is 38.8 Å². The summed E-state index contributed by atoms with van der Waals surface area (Å²) in [5.41, 5.74) is 0.303. The normalized spacial score (nSPS) is 12.5. The molecule has 5 rings (SSSR count). The monoisotopic (exact) mass is 517 g/mol. The van der Waals surface area contributed by atoms with Gasteiger partial charge >= 0.3 is 6.18 Å². The topological polar surface area (TPSA) is 82.7 Å². The number of sulfone groups is 1. The maximum Gasteiger partial charge on any atom is 0.417 e. The highest BCUT2D eigenvalue weighted by molar-refractivity contribution is 7.90. The van der Waals surface area contributed by atoms with Crippen LogP contribution in [0.15, 0.2) is 59.8 Å². The van der Waals surface area contributed by atoms with Crippen LogP contribution in [0.2, 0.25) is 0 Å². The molecule has 5 aromatic rings. The molecule has 12 heteroatoms. The molecule has 0 bridgehead atoms. The van der Waals surface area contributed by atoms with Crippen LogP contribution in [0.5, 0.6) is 0 Å². The number of rotatable bonds is 4. The summed E-state index contributed by atoms with van der Waals surface area (Å²) in [5, 5.41) is -0.0865. The molecule has 7 nitrogen and oxygen atoms in total. The molecule has 0 saturated carbocycles. The summed E-state index contributed by atoms with van der Waals surface area (Å²) in [7, 11) is -0.629. The van der Waals surface area contributed by atoms with Crippen molar-refractivity contribution in [1.29, 1.82) is 0 Å². The number of imidazole rings is 2. The number of fused-ring (bicyclic) bond motifs is 1. The molecule has 0 spiro atoms. The minimum atomic E-state index is -4.58. The second kappa shape index (κ2) is 8.02. The van der Waals surface area contributed by atoms with Gasteiger partial charge in [0, 0.05) is 31.4 Å². The van der Waals surface area contributed by atoms with E-state index in [0.717, 1.165) is 33.8 Å². The van der Waals surface area contributed by atoms with Crippen LogP contribution in [-0.2, 0) is 30.1 Å². The Morgan fingerprint density at radius 3 is 2.26 bits per heavy atom. The fourth-order valence-corrected chi connectivity index (χ4v) is 6.04. The molecule has 4 aromatic heterocycles. The van der Waals surface area contributed by atoms with Crippen LogP contribution in [0.4, 0.5) is 13.2 Å². The average molecular weight is 518 g/mol. The molecule has 0 aliphatic heterocycles. The van der Waals surface area contributed by atoms with Gasteiger partial charge < -0.3 is 9.13 Å². The highest BCUT2D eigenvalue weighted by Crippen LogP contribution is 2.38. The molecule has 0 aliphatic carbocycles. The second-order valence-corrected chi connectivity index (χ2v) is 11.0. The Balaban J connectivity index is 1.70. The fraction of sp³-hybridized carbons (Fsp3) is 0.174. The SMILES string of the molecule is Cn1c(-c2ccc(-c3ccccc3)s2)nc(-c2nc3cc(C(F)(F)F)cnc3n2C)c1S(C)(=O)=O. The van der Waals surface area contributed by atoms with Gasteiger partial charge in [0.05, 0.1) is 10.4 Å². The number of aryl methyl sites for hydroxylation is 1. The predicted molar refractivity (Wildman–Crippen MR) is 128 cm³/mol. The number of halogens is 3. The third-order valence-corrected chi connectivity index (χ3v) is 7.83. The van der Waals surface area contributed by atoms with Crippen LogP contribution in [0.1, 0.15) is 5.56 Å². The van der Waals surface area contributed by atoms with Crippen molar-refractivity contribution in [3.8, 4) is 32.7 Å². The summed E-state index contributed by atoms with van der Waals surface area (Å²) in [6, 6.07) is 14.4. The number of pyridine rings is 1. The Kier molecular flexibility index (Phi) is 5.33. The minimum absolute atomic E-state index is 0.00790. The number of alkyl halides is 3. The number of hydrogen-bond acceptors (Lipinski definition) is 6. The molecule has 1 aromatic carbocycles. The van der Waals surface area contributed by atoms with Gasteiger partial charge in [-0.15, -0.1) is 11.3 Å². The molecular formula is C23H18F3N5O2S2. The number of benzene rings is 1. The first kappa shape index (κ1) is 23.2. The molecule has 0 radical (unpaired) electrons. The van der Waals surface area contributed by atoms with Crippen molar-refractivity contribution in [1.82, 2.24) is 24.1 Å². The summed E-state index contributed by atoms with van der Waals surface area (Å²) in [4.78, 5) is 14.5. The molecule has 35 heavy (non-hydrogen) atoms. The van der Waals surface area contributed by atoms with Gasteiger partial charge in [-0.3, -0.25) is 0 Å². The first-order valence-corrected chi connectivity index (χ1v) is 13.0. The van der Waals surface area contributed by atoms with Crippen LogP contribution < -0.4 is 0 Å². The fourth-order valence-electron chi connectivity index (χ4n) is 3.93. The van der Waals surface area contributed by atoms with Crippen molar-refractivity contribution in [2.24, 2.45) is 14.1 Å². The van der Waals surface area contributed by atoms with E-state index in [-0.39, 0.29) is 27.7 Å². The van der Waals surface area contributed by atoms with E-state index in [0.29, 0.717) is 5.82 Å². The van der Waals surface area contributed by atoms with E-state index in [1.807, 2.05) is 42.5 Å². The molecule has 180 valence electrons. The Morgan fingerprint density at radius 2 is 1.60 bits per heavy atom. The lowest BCUT2D eigenvalue weighted by atomic mass is 10.2. The summed E-state index contributed by atoms with van der Waals surface area (Å²) in [5.74, 6) is 0.512. The molecule has 0 aliphatic rings. The van der Waals surface area contributed by atoms with Crippen molar-refractivity contribution in [3.63, 3.8) is 0 Å². The molecule has 4 heterocycles. The molecule has 0 unspecified atom stereocenters. The third kappa shape index (κ3) is 4.02. The molecule has 0 N–H and O–H groups in total. The van der Waals surface area contributed by atoms with Crippen molar-refractivity contribution in [2.75, 3.05) is 6.26 Å². The molecular weight excluding hydrogens is 499 g/mol. The van der Waals surface area contributed by atoms with Crippen LogP contribution in [0, 0.1) is 0 Å². The third-order valence-electron chi connectivity index (χ3n) is 5.53. The van der Waals surface area contributed by atoms with Gasteiger partial charge in [-0.2, -0.15) is 13.2 Å². The zero-order chi connectivity index (χ0) is 25.1. The van der Waals surface area contributed by atoms with E-state index in [9.17, 15) is 21.6 Å². The number of thiophene rings is 1. The zero-order valence-corrected chi connectivity index (χ0v) is 20.3. The Morgan fingerprint density at radius 1 is 0.914 bits per heavy atom. The highest BCUT2D eigenvalue weighted by Gasteiger charge is 2.33. The van der Waals surface area contributed by atoms with E-state index >= 15 is 0 Å². The quantitative estimate of drug-likeness (QED) is 0.328. The summed E-state index contributed by atoms with van der Waals surface area (Å²) >= 11 is 1.45. The van der Waals surface area contributed by atoms with Crippen LogP contribution >= 0.6 is 11.3 Å². The Labute approximate surface area is 202 Å². The minimum Gasteiger partial charge on any atom is -0.317 e. The molecule has 0 fully saturated rings. The number of hydrogen-bond donors (Lipinski definition) is 0. The van der Waals surface area contributed by atoms with E-state index in [1.165, 1.54) is 20.5 Å². The second-order valence-electron chi connectivity index (χ2n) is 8.01. The zero-order valence-electron chi connectivity index (χ0n) is 18.7. The standard InChI is InChI=1S/C23H18F3N5O2S2/c1-30-19-15(11-14(12-27-19)23(24,25)26)28-21(30)18-22(35(3,32)33)31(2)20(29-18)17-10-9-16(34-17)13-7-5-4-6-8-13/h4-12H,1-3H3. The van der Waals surface area contributed by atoms with Crippen molar-refractivity contribution in [3.05, 3.63) is 60.3 Å². The van der Waals surface area contributed by atoms with E-state index in [1.54, 1.807) is 14.1 Å². The van der Waals surface area contributed by atoms with Gasteiger partial charge in [0.2, 0.25) is 0 Å². The first-order valence-electron chi connectivity index (χ1n) is 10.3. The van der Waals surface area contributed by atoms with Gasteiger partial charge in [-0.05, 0) is 23.8 Å². The maximum absolute atomic E-state index is 13.2. The lowest BCUT2D eigenvalue weighted by molar-refractivity contribution is -0.137. The molecule has 0 amide bonds. The highest BCUT2D eigenvalue weighted by atomic mass is 32.2. The largest absolute Gasteiger partial charge is 0.417 e. The predicted octanol–water partition coefficient (Wildman–Crippen LogP) is 5.19. The van der Waals surface area contributed by atoms with E-state index in [2.05, 4.69) is 15.0 Å². The van der Waals surface area contributed by atoms with Crippen LogP contribution in [0.25, 0.3) is 43.8 Å². The molecule has 0 saturated heterocycles. The van der Waals surface area contributed by atoms with Gasteiger partial charge in [0.25, 0.3) is 0 Å². The number of nitrogens with zero attached hydrogens (tertiary/aromatic N) is 5. The smallest absolute Gasteiger partial charge is 0.317 e. The lowest BCUT2D eigenvalue weighted by Gasteiger charge is -2.05.